The molecule has 37 heavy (non-hydrogen) atoms. The molecule has 0 amide bonds. The first-order valence-corrected chi connectivity index (χ1v) is 12.5. The molecule has 0 aliphatic rings. The third-order valence-electron chi connectivity index (χ3n) is 7.57. The number of fused-ring (bicyclic) bond motifs is 4. The van der Waals surface area contributed by atoms with Crippen LogP contribution in [0.3, 0.4) is 0 Å². The van der Waals surface area contributed by atoms with Gasteiger partial charge >= 0.3 is 0 Å². The Morgan fingerprint density at radius 1 is 0.351 bits per heavy atom. The van der Waals surface area contributed by atoms with Crippen molar-refractivity contribution in [2.24, 2.45) is 0 Å². The number of hydrogen-bond acceptors (Lipinski definition) is 2. The second-order valence-electron chi connectivity index (χ2n) is 9.59. The van der Waals surface area contributed by atoms with Crippen molar-refractivity contribution in [2.45, 2.75) is 6.42 Å². The predicted molar refractivity (Wildman–Crippen MR) is 154 cm³/mol. The summed E-state index contributed by atoms with van der Waals surface area (Å²) in [5.74, 6) is 0.580. The van der Waals surface area contributed by atoms with Gasteiger partial charge < -0.3 is 10.2 Å². The van der Waals surface area contributed by atoms with Gasteiger partial charge in [0.25, 0.3) is 0 Å². The van der Waals surface area contributed by atoms with Gasteiger partial charge in [-0.2, -0.15) is 0 Å². The van der Waals surface area contributed by atoms with E-state index in [4.69, 9.17) is 0 Å². The van der Waals surface area contributed by atoms with Crippen molar-refractivity contribution in [3.8, 4) is 22.6 Å². The van der Waals surface area contributed by atoms with E-state index in [0.29, 0.717) is 12.2 Å². The van der Waals surface area contributed by atoms with Crippen molar-refractivity contribution in [2.75, 3.05) is 0 Å². The van der Waals surface area contributed by atoms with Crippen molar-refractivity contribution in [1.82, 2.24) is 0 Å². The Hall–Kier alpha value is -4.82. The topological polar surface area (TPSA) is 40.5 Å². The highest BCUT2D eigenvalue weighted by molar-refractivity contribution is 6.19. The van der Waals surface area contributed by atoms with Gasteiger partial charge in [-0.25, -0.2) is 0 Å². The zero-order chi connectivity index (χ0) is 24.9. The van der Waals surface area contributed by atoms with Crippen LogP contribution in [0.1, 0.15) is 11.1 Å². The average molecular weight is 477 g/mol. The molecular weight excluding hydrogens is 452 g/mol. The first-order chi connectivity index (χ1) is 18.2. The summed E-state index contributed by atoms with van der Waals surface area (Å²) in [6, 6.07) is 40.8. The summed E-state index contributed by atoms with van der Waals surface area (Å²) in [5, 5.41) is 30.9. The molecular formula is C35H24O2. The van der Waals surface area contributed by atoms with Crippen LogP contribution < -0.4 is 0 Å². The molecule has 7 aromatic carbocycles. The Kier molecular flexibility index (Phi) is 4.87. The molecule has 0 unspecified atom stereocenters. The van der Waals surface area contributed by atoms with Gasteiger partial charge in [0.1, 0.15) is 11.5 Å². The lowest BCUT2D eigenvalue weighted by Gasteiger charge is -2.20. The molecule has 0 aromatic heterocycles. The van der Waals surface area contributed by atoms with Crippen molar-refractivity contribution in [3.05, 3.63) is 132 Å². The molecule has 0 bridgehead atoms. The Morgan fingerprint density at radius 2 is 0.811 bits per heavy atom. The second kappa shape index (κ2) is 8.39. The molecule has 2 nitrogen and oxygen atoms in total. The van der Waals surface area contributed by atoms with Crippen LogP contribution in [0.15, 0.2) is 121 Å². The molecule has 0 radical (unpaired) electrons. The summed E-state index contributed by atoms with van der Waals surface area (Å²) in [6.07, 6.45) is 0.593. The van der Waals surface area contributed by atoms with E-state index in [0.717, 1.165) is 59.8 Å². The fraction of sp³-hybridized carbons (Fsp3) is 0.0286. The molecule has 2 N–H and O–H groups in total. The summed E-state index contributed by atoms with van der Waals surface area (Å²) < 4.78 is 0. The summed E-state index contributed by atoms with van der Waals surface area (Å²) in [7, 11) is 0. The number of aromatic hydroxyl groups is 2. The Bertz CT molecular complexity index is 1930. The Labute approximate surface area is 214 Å². The van der Waals surface area contributed by atoms with Crippen LogP contribution in [0.25, 0.3) is 54.2 Å². The highest BCUT2D eigenvalue weighted by Crippen LogP contribution is 2.46. The maximum Gasteiger partial charge on any atom is 0.124 e. The number of rotatable bonds is 3. The van der Waals surface area contributed by atoms with Crippen LogP contribution in [0.4, 0.5) is 0 Å². The highest BCUT2D eigenvalue weighted by Gasteiger charge is 2.20. The van der Waals surface area contributed by atoms with E-state index in [2.05, 4.69) is 72.8 Å². The van der Waals surface area contributed by atoms with Crippen LogP contribution in [0.5, 0.6) is 11.5 Å². The van der Waals surface area contributed by atoms with Crippen molar-refractivity contribution in [3.63, 3.8) is 0 Å². The molecule has 0 atom stereocenters. The number of benzene rings is 7. The molecule has 0 aliphatic carbocycles. The lowest BCUT2D eigenvalue weighted by molar-refractivity contribution is 0.470. The minimum Gasteiger partial charge on any atom is -0.508 e. The lowest BCUT2D eigenvalue weighted by atomic mass is 9.84. The quantitative estimate of drug-likeness (QED) is 0.250. The summed E-state index contributed by atoms with van der Waals surface area (Å²) in [5.41, 5.74) is 3.98. The highest BCUT2D eigenvalue weighted by atomic mass is 16.3. The monoisotopic (exact) mass is 476 g/mol. The third kappa shape index (κ3) is 3.34. The van der Waals surface area contributed by atoms with E-state index in [1.165, 1.54) is 5.56 Å². The number of hydrogen-bond donors (Lipinski definition) is 2. The fourth-order valence-electron chi connectivity index (χ4n) is 5.89. The Balaban J connectivity index is 1.60. The molecule has 7 aromatic rings. The van der Waals surface area contributed by atoms with E-state index >= 15 is 0 Å². The molecule has 2 heteroatoms. The molecule has 0 saturated heterocycles. The van der Waals surface area contributed by atoms with Crippen LogP contribution >= 0.6 is 0 Å². The average Bonchev–Trinajstić information content (AvgIpc) is 2.95. The molecule has 7 rings (SSSR count). The zero-order valence-electron chi connectivity index (χ0n) is 20.1. The molecule has 0 heterocycles. The molecule has 0 saturated carbocycles. The van der Waals surface area contributed by atoms with Crippen LogP contribution in [-0.4, -0.2) is 10.2 Å². The van der Waals surface area contributed by atoms with Crippen LogP contribution in [0.2, 0.25) is 0 Å². The van der Waals surface area contributed by atoms with Crippen molar-refractivity contribution >= 4 is 43.1 Å². The summed E-state index contributed by atoms with van der Waals surface area (Å²) in [4.78, 5) is 0. The van der Waals surface area contributed by atoms with E-state index in [9.17, 15) is 10.2 Å². The normalized spacial score (nSPS) is 11.6. The van der Waals surface area contributed by atoms with Crippen molar-refractivity contribution < 1.29 is 10.2 Å². The number of phenols is 2. The van der Waals surface area contributed by atoms with Gasteiger partial charge in [-0.3, -0.25) is 0 Å². The molecule has 0 aliphatic heterocycles. The molecule has 0 spiro atoms. The number of phenolic OH excluding ortho intramolecular Hbond substituents is 2. The second-order valence-corrected chi connectivity index (χ2v) is 9.59. The Morgan fingerprint density at radius 3 is 1.43 bits per heavy atom. The fourth-order valence-corrected chi connectivity index (χ4v) is 5.89. The largest absolute Gasteiger partial charge is 0.508 e. The van der Waals surface area contributed by atoms with Crippen LogP contribution in [-0.2, 0) is 6.42 Å². The maximum atomic E-state index is 11.2. The van der Waals surface area contributed by atoms with Gasteiger partial charge in [0, 0.05) is 23.1 Å². The summed E-state index contributed by atoms with van der Waals surface area (Å²) in [6.45, 7) is 0. The van der Waals surface area contributed by atoms with Gasteiger partial charge in [-0.1, -0.05) is 109 Å². The van der Waals surface area contributed by atoms with Gasteiger partial charge in [0.2, 0.25) is 0 Å². The minimum absolute atomic E-state index is 0.272. The third-order valence-corrected chi connectivity index (χ3v) is 7.57. The van der Waals surface area contributed by atoms with Gasteiger partial charge in [0.05, 0.1) is 0 Å². The van der Waals surface area contributed by atoms with E-state index < -0.39 is 0 Å². The first-order valence-electron chi connectivity index (χ1n) is 12.5. The zero-order valence-corrected chi connectivity index (χ0v) is 20.1. The SMILES string of the molecule is Oc1ccc2ccccc2c1Cc1c2ccccc2c(-c2c(O)ccc3ccccc23)c2ccccc12. The van der Waals surface area contributed by atoms with Crippen LogP contribution in [0, 0.1) is 0 Å². The van der Waals surface area contributed by atoms with E-state index in [1.54, 1.807) is 12.1 Å². The molecule has 0 fully saturated rings. The minimum atomic E-state index is 0.272. The van der Waals surface area contributed by atoms with E-state index in [-0.39, 0.29) is 5.75 Å². The van der Waals surface area contributed by atoms with Gasteiger partial charge in [-0.15, -0.1) is 0 Å². The predicted octanol–water partition coefficient (Wildman–Crippen LogP) is 8.97. The standard InChI is InChI=1S/C35H24O2/c36-32-19-17-22-9-1-3-11-24(22)31(32)21-30-26-13-5-7-15-28(26)34(29-16-8-6-14-27(29)30)35-25-12-4-2-10-23(25)18-20-33(35)37/h1-20,36-37H,21H2. The lowest BCUT2D eigenvalue weighted by Crippen LogP contribution is -1.97. The van der Waals surface area contributed by atoms with Crippen molar-refractivity contribution in [1.29, 1.82) is 0 Å². The summed E-state index contributed by atoms with van der Waals surface area (Å²) >= 11 is 0. The first kappa shape index (κ1) is 21.5. The maximum absolute atomic E-state index is 11.2. The van der Waals surface area contributed by atoms with Gasteiger partial charge in [-0.05, 0) is 60.8 Å². The smallest absolute Gasteiger partial charge is 0.124 e. The van der Waals surface area contributed by atoms with Gasteiger partial charge in [0.15, 0.2) is 0 Å². The van der Waals surface area contributed by atoms with E-state index in [1.807, 2.05) is 36.4 Å². The molecule has 176 valence electrons.